The summed E-state index contributed by atoms with van der Waals surface area (Å²) in [6, 6.07) is 5.20. The molecule has 100 valence electrons. The van der Waals surface area contributed by atoms with Gasteiger partial charge in [0.25, 0.3) is 5.91 Å². The minimum atomic E-state index is -0.113. The second-order valence-electron chi connectivity index (χ2n) is 3.47. The number of benzene rings is 1. The van der Waals surface area contributed by atoms with E-state index in [1.807, 2.05) is 13.8 Å². The van der Waals surface area contributed by atoms with Gasteiger partial charge in [-0.2, -0.15) is 0 Å². The molecule has 0 aliphatic carbocycles. The first-order valence-corrected chi connectivity index (χ1v) is 7.08. The van der Waals surface area contributed by atoms with E-state index < -0.39 is 0 Å². The summed E-state index contributed by atoms with van der Waals surface area (Å²) in [4.78, 5) is 11.8. The molecule has 0 aliphatic rings. The lowest BCUT2D eigenvalue weighted by atomic mass is 10.2. The third-order valence-electron chi connectivity index (χ3n) is 2.19. The van der Waals surface area contributed by atoms with Crippen molar-refractivity contribution in [2.24, 2.45) is 0 Å². The van der Waals surface area contributed by atoms with Gasteiger partial charge in [-0.15, -0.1) is 0 Å². The summed E-state index contributed by atoms with van der Waals surface area (Å²) in [6.07, 6.45) is 0. The van der Waals surface area contributed by atoms with Crippen LogP contribution in [-0.4, -0.2) is 31.0 Å². The first-order chi connectivity index (χ1) is 8.72. The van der Waals surface area contributed by atoms with E-state index in [9.17, 15) is 4.79 Å². The van der Waals surface area contributed by atoms with Crippen LogP contribution in [-0.2, 0) is 0 Å². The van der Waals surface area contributed by atoms with Gasteiger partial charge < -0.3 is 14.8 Å². The first-order valence-electron chi connectivity index (χ1n) is 5.96. The van der Waals surface area contributed by atoms with Gasteiger partial charge >= 0.3 is 0 Å². The fraction of sp³-hybridized carbons (Fsp3) is 0.462. The highest BCUT2D eigenvalue weighted by molar-refractivity contribution is 9.09. The average molecular weight is 316 g/mol. The minimum absolute atomic E-state index is 0.113. The molecule has 1 amide bonds. The number of nitrogens with one attached hydrogen (secondary N) is 1. The molecule has 18 heavy (non-hydrogen) atoms. The highest BCUT2D eigenvalue weighted by Gasteiger charge is 2.10. The summed E-state index contributed by atoms with van der Waals surface area (Å²) in [5.74, 6) is 1.15. The first kappa shape index (κ1) is 14.8. The number of rotatable bonds is 7. The Morgan fingerprint density at radius 1 is 1.22 bits per heavy atom. The van der Waals surface area contributed by atoms with Crippen LogP contribution >= 0.6 is 15.9 Å². The second-order valence-corrected chi connectivity index (χ2v) is 4.27. The maximum absolute atomic E-state index is 11.8. The van der Waals surface area contributed by atoms with Crippen molar-refractivity contribution in [3.05, 3.63) is 23.8 Å². The molecule has 1 rings (SSSR count). The van der Waals surface area contributed by atoms with Gasteiger partial charge in [0.2, 0.25) is 0 Å². The molecule has 0 saturated carbocycles. The normalized spacial score (nSPS) is 9.94. The molecule has 0 bridgehead atoms. The predicted molar refractivity (Wildman–Crippen MR) is 74.9 cm³/mol. The van der Waals surface area contributed by atoms with Gasteiger partial charge in [-0.3, -0.25) is 4.79 Å². The lowest BCUT2D eigenvalue weighted by Crippen LogP contribution is -2.25. The van der Waals surface area contributed by atoms with Crippen LogP contribution in [0.15, 0.2) is 18.2 Å². The fourth-order valence-corrected chi connectivity index (χ4v) is 1.65. The predicted octanol–water partition coefficient (Wildman–Crippen LogP) is 2.61. The van der Waals surface area contributed by atoms with E-state index in [-0.39, 0.29) is 5.91 Å². The Labute approximate surface area is 116 Å². The van der Waals surface area contributed by atoms with Crippen molar-refractivity contribution < 1.29 is 14.3 Å². The third kappa shape index (κ3) is 4.22. The number of carbonyl (C=O) groups excluding carboxylic acids is 1. The van der Waals surface area contributed by atoms with E-state index >= 15 is 0 Å². The number of amides is 1. The van der Waals surface area contributed by atoms with Gasteiger partial charge in [0, 0.05) is 17.4 Å². The maximum atomic E-state index is 11.8. The highest BCUT2D eigenvalue weighted by Crippen LogP contribution is 2.28. The quantitative estimate of drug-likeness (QED) is 0.787. The number of hydrogen-bond acceptors (Lipinski definition) is 3. The van der Waals surface area contributed by atoms with Crippen LogP contribution < -0.4 is 14.8 Å². The largest absolute Gasteiger partial charge is 0.490 e. The maximum Gasteiger partial charge on any atom is 0.251 e. The molecule has 0 heterocycles. The summed E-state index contributed by atoms with van der Waals surface area (Å²) < 4.78 is 10.9. The Hall–Kier alpha value is -1.23. The molecule has 0 unspecified atom stereocenters. The van der Waals surface area contributed by atoms with Crippen molar-refractivity contribution in [3.63, 3.8) is 0 Å². The molecule has 4 nitrogen and oxygen atoms in total. The van der Waals surface area contributed by atoms with E-state index in [1.165, 1.54) is 0 Å². The summed E-state index contributed by atoms with van der Waals surface area (Å²) in [6.45, 7) is 5.50. The van der Waals surface area contributed by atoms with Crippen LogP contribution in [0.5, 0.6) is 11.5 Å². The zero-order chi connectivity index (χ0) is 13.4. The van der Waals surface area contributed by atoms with Crippen LogP contribution in [0.1, 0.15) is 24.2 Å². The molecule has 1 N–H and O–H groups in total. The molecule has 0 saturated heterocycles. The summed E-state index contributed by atoms with van der Waals surface area (Å²) >= 11 is 3.26. The molecule has 1 aromatic carbocycles. The Morgan fingerprint density at radius 2 is 1.89 bits per heavy atom. The monoisotopic (exact) mass is 315 g/mol. The standard InChI is InChI=1S/C13H18BrNO3/c1-3-17-11-6-5-10(9-12(11)18-4-2)13(16)15-8-7-14/h5-6,9H,3-4,7-8H2,1-2H3,(H,15,16). The fourth-order valence-electron chi connectivity index (χ4n) is 1.46. The van der Waals surface area contributed by atoms with Gasteiger partial charge in [0.05, 0.1) is 13.2 Å². The van der Waals surface area contributed by atoms with Crippen LogP contribution in [0.2, 0.25) is 0 Å². The molecule has 0 spiro atoms. The number of halogens is 1. The molecule has 0 aromatic heterocycles. The SMILES string of the molecule is CCOc1ccc(C(=O)NCCBr)cc1OCC. The lowest BCUT2D eigenvalue weighted by Gasteiger charge is -2.12. The van der Waals surface area contributed by atoms with Gasteiger partial charge in [-0.1, -0.05) is 15.9 Å². The molecule has 0 aliphatic heterocycles. The van der Waals surface area contributed by atoms with Crippen molar-refractivity contribution in [2.45, 2.75) is 13.8 Å². The van der Waals surface area contributed by atoms with Crippen molar-refractivity contribution in [1.82, 2.24) is 5.32 Å². The van der Waals surface area contributed by atoms with Gasteiger partial charge in [0.15, 0.2) is 11.5 Å². The van der Waals surface area contributed by atoms with E-state index in [1.54, 1.807) is 18.2 Å². The third-order valence-corrected chi connectivity index (χ3v) is 2.58. The molecule has 0 radical (unpaired) electrons. The molecule has 0 atom stereocenters. The average Bonchev–Trinajstić information content (AvgIpc) is 2.38. The topological polar surface area (TPSA) is 47.6 Å². The van der Waals surface area contributed by atoms with E-state index in [2.05, 4.69) is 21.2 Å². The highest BCUT2D eigenvalue weighted by atomic mass is 79.9. The second kappa shape index (κ2) is 7.97. The van der Waals surface area contributed by atoms with Crippen LogP contribution in [0.3, 0.4) is 0 Å². The van der Waals surface area contributed by atoms with Gasteiger partial charge in [-0.25, -0.2) is 0 Å². The Morgan fingerprint density at radius 3 is 2.50 bits per heavy atom. The summed E-state index contributed by atoms with van der Waals surface area (Å²) in [5, 5.41) is 3.52. The molecule has 1 aromatic rings. The molecular weight excluding hydrogens is 298 g/mol. The zero-order valence-corrected chi connectivity index (χ0v) is 12.2. The smallest absolute Gasteiger partial charge is 0.251 e. The van der Waals surface area contributed by atoms with Crippen molar-refractivity contribution in [2.75, 3.05) is 25.1 Å². The molecule has 5 heteroatoms. The number of alkyl halides is 1. The van der Waals surface area contributed by atoms with Crippen LogP contribution in [0.4, 0.5) is 0 Å². The Kier molecular flexibility index (Phi) is 6.57. The van der Waals surface area contributed by atoms with Gasteiger partial charge in [-0.05, 0) is 32.0 Å². The number of ether oxygens (including phenoxy) is 2. The number of hydrogen-bond donors (Lipinski definition) is 1. The van der Waals surface area contributed by atoms with Crippen molar-refractivity contribution in [1.29, 1.82) is 0 Å². The lowest BCUT2D eigenvalue weighted by molar-refractivity contribution is 0.0955. The summed E-state index contributed by atoms with van der Waals surface area (Å²) in [7, 11) is 0. The van der Waals surface area contributed by atoms with Gasteiger partial charge in [0.1, 0.15) is 0 Å². The minimum Gasteiger partial charge on any atom is -0.490 e. The zero-order valence-electron chi connectivity index (χ0n) is 10.7. The van der Waals surface area contributed by atoms with Crippen LogP contribution in [0, 0.1) is 0 Å². The van der Waals surface area contributed by atoms with E-state index in [4.69, 9.17) is 9.47 Å². The molecular formula is C13H18BrNO3. The molecule has 0 fully saturated rings. The summed E-state index contributed by atoms with van der Waals surface area (Å²) in [5.41, 5.74) is 0.572. The van der Waals surface area contributed by atoms with Crippen LogP contribution in [0.25, 0.3) is 0 Å². The van der Waals surface area contributed by atoms with Crippen molar-refractivity contribution in [3.8, 4) is 11.5 Å². The van der Waals surface area contributed by atoms with E-state index in [0.717, 1.165) is 5.33 Å². The Bertz CT molecular complexity index is 396. The van der Waals surface area contributed by atoms with Crippen molar-refractivity contribution >= 4 is 21.8 Å². The Balaban J connectivity index is 2.87. The van der Waals surface area contributed by atoms with E-state index in [0.29, 0.717) is 36.8 Å². The number of carbonyl (C=O) groups is 1.